The molecule has 0 bridgehead atoms. The van der Waals surface area contributed by atoms with Gasteiger partial charge < -0.3 is 10.1 Å². The van der Waals surface area contributed by atoms with Crippen LogP contribution in [-0.4, -0.2) is 19.7 Å². The Balaban J connectivity index is 1.85. The first-order chi connectivity index (χ1) is 9.24. The average molecular weight is 267 g/mol. The van der Waals surface area contributed by atoms with E-state index in [4.69, 9.17) is 4.74 Å². The van der Waals surface area contributed by atoms with E-state index < -0.39 is 11.6 Å². The van der Waals surface area contributed by atoms with Gasteiger partial charge in [0.05, 0.1) is 6.61 Å². The molecule has 2 fully saturated rings. The quantitative estimate of drug-likeness (QED) is 0.904. The summed E-state index contributed by atoms with van der Waals surface area (Å²) in [5.41, 5.74) is 0.708. The molecule has 1 N–H and O–H groups in total. The van der Waals surface area contributed by atoms with E-state index in [-0.39, 0.29) is 11.7 Å². The van der Waals surface area contributed by atoms with Gasteiger partial charge in [-0.05, 0) is 56.7 Å². The van der Waals surface area contributed by atoms with E-state index in [0.29, 0.717) is 18.1 Å². The Hall–Kier alpha value is -1.16. The SMILES string of the molecule is Fc1cc(F)c(OCC2CC2)c(C2CCNCC2)c1. The maximum absolute atomic E-state index is 14.0. The highest BCUT2D eigenvalue weighted by Gasteiger charge is 2.26. The highest BCUT2D eigenvalue weighted by Crippen LogP contribution is 2.37. The van der Waals surface area contributed by atoms with Crippen LogP contribution in [-0.2, 0) is 0 Å². The molecular formula is C15H19F2NO. The van der Waals surface area contributed by atoms with Gasteiger partial charge in [0.1, 0.15) is 5.82 Å². The molecule has 1 heterocycles. The molecule has 2 aliphatic rings. The third-order valence-electron chi connectivity index (χ3n) is 3.98. The molecule has 0 spiro atoms. The van der Waals surface area contributed by atoms with Crippen LogP contribution in [0.5, 0.6) is 5.75 Å². The molecule has 1 saturated carbocycles. The normalized spacial score (nSPS) is 20.5. The highest BCUT2D eigenvalue weighted by atomic mass is 19.1. The van der Waals surface area contributed by atoms with E-state index in [1.54, 1.807) is 0 Å². The summed E-state index contributed by atoms with van der Waals surface area (Å²) in [6.45, 7) is 2.34. The third-order valence-corrected chi connectivity index (χ3v) is 3.98. The van der Waals surface area contributed by atoms with Crippen LogP contribution in [0, 0.1) is 17.6 Å². The molecule has 3 rings (SSSR count). The summed E-state index contributed by atoms with van der Waals surface area (Å²) in [4.78, 5) is 0. The molecule has 0 radical (unpaired) electrons. The molecule has 1 aliphatic carbocycles. The lowest BCUT2D eigenvalue weighted by Gasteiger charge is -2.25. The van der Waals surface area contributed by atoms with Gasteiger partial charge in [0.2, 0.25) is 0 Å². The molecule has 1 aromatic carbocycles. The molecule has 0 aromatic heterocycles. The van der Waals surface area contributed by atoms with Crippen molar-refractivity contribution in [3.63, 3.8) is 0 Å². The van der Waals surface area contributed by atoms with Crippen molar-refractivity contribution in [2.75, 3.05) is 19.7 Å². The first-order valence-electron chi connectivity index (χ1n) is 7.06. The van der Waals surface area contributed by atoms with Gasteiger partial charge in [-0.25, -0.2) is 8.78 Å². The lowest BCUT2D eigenvalue weighted by atomic mass is 9.89. The molecule has 19 heavy (non-hydrogen) atoms. The van der Waals surface area contributed by atoms with E-state index in [0.717, 1.165) is 44.8 Å². The number of hydrogen-bond acceptors (Lipinski definition) is 2. The molecule has 1 saturated heterocycles. The average Bonchev–Trinajstić information content (AvgIpc) is 3.22. The van der Waals surface area contributed by atoms with Crippen molar-refractivity contribution in [1.29, 1.82) is 0 Å². The standard InChI is InChI=1S/C15H19F2NO/c16-12-7-13(11-3-5-18-6-4-11)15(14(17)8-12)19-9-10-1-2-10/h7-8,10-11,18H,1-6,9H2. The molecule has 2 nitrogen and oxygen atoms in total. The Morgan fingerprint density at radius 2 is 1.84 bits per heavy atom. The summed E-state index contributed by atoms with van der Waals surface area (Å²) in [5.74, 6) is -0.0369. The fourth-order valence-electron chi connectivity index (χ4n) is 2.65. The zero-order valence-electron chi connectivity index (χ0n) is 10.9. The number of ether oxygens (including phenoxy) is 1. The summed E-state index contributed by atoms with van der Waals surface area (Å²) in [7, 11) is 0. The summed E-state index contributed by atoms with van der Waals surface area (Å²) < 4.78 is 33.1. The molecule has 104 valence electrons. The van der Waals surface area contributed by atoms with Gasteiger partial charge in [-0.2, -0.15) is 0 Å². The first kappa shape index (κ1) is 12.9. The summed E-state index contributed by atoms with van der Waals surface area (Å²) >= 11 is 0. The van der Waals surface area contributed by atoms with Gasteiger partial charge in [-0.1, -0.05) is 0 Å². The summed E-state index contributed by atoms with van der Waals surface area (Å²) in [6.07, 6.45) is 4.13. The van der Waals surface area contributed by atoms with Crippen LogP contribution in [0.1, 0.15) is 37.2 Å². The van der Waals surface area contributed by atoms with Gasteiger partial charge >= 0.3 is 0 Å². The highest BCUT2D eigenvalue weighted by molar-refractivity contribution is 5.38. The molecule has 0 atom stereocenters. The maximum atomic E-state index is 14.0. The second-order valence-corrected chi connectivity index (χ2v) is 5.58. The van der Waals surface area contributed by atoms with E-state index in [2.05, 4.69) is 5.32 Å². The van der Waals surface area contributed by atoms with Crippen LogP contribution < -0.4 is 10.1 Å². The van der Waals surface area contributed by atoms with Gasteiger partial charge in [-0.3, -0.25) is 0 Å². The topological polar surface area (TPSA) is 21.3 Å². The van der Waals surface area contributed by atoms with Crippen molar-refractivity contribution in [3.05, 3.63) is 29.3 Å². The second kappa shape index (κ2) is 5.45. The van der Waals surface area contributed by atoms with E-state index >= 15 is 0 Å². The fourth-order valence-corrected chi connectivity index (χ4v) is 2.65. The van der Waals surface area contributed by atoms with Crippen LogP contribution in [0.4, 0.5) is 8.78 Å². The Morgan fingerprint density at radius 3 is 2.53 bits per heavy atom. The zero-order valence-corrected chi connectivity index (χ0v) is 10.9. The van der Waals surface area contributed by atoms with E-state index in [1.165, 1.54) is 6.07 Å². The number of halogens is 2. The summed E-state index contributed by atoms with van der Waals surface area (Å²) in [5, 5.41) is 3.27. The molecular weight excluding hydrogens is 248 g/mol. The molecule has 1 aliphatic heterocycles. The van der Waals surface area contributed by atoms with Crippen molar-refractivity contribution in [3.8, 4) is 5.75 Å². The number of piperidine rings is 1. The lowest BCUT2D eigenvalue weighted by Crippen LogP contribution is -2.27. The van der Waals surface area contributed by atoms with Gasteiger partial charge in [0, 0.05) is 11.6 Å². The predicted molar refractivity (Wildman–Crippen MR) is 69.4 cm³/mol. The van der Waals surface area contributed by atoms with Crippen molar-refractivity contribution >= 4 is 0 Å². The van der Waals surface area contributed by atoms with Crippen LogP contribution in [0.25, 0.3) is 0 Å². The predicted octanol–water partition coefficient (Wildman–Crippen LogP) is 3.22. The van der Waals surface area contributed by atoms with E-state index in [1.807, 2.05) is 0 Å². The number of rotatable bonds is 4. The molecule has 0 unspecified atom stereocenters. The van der Waals surface area contributed by atoms with E-state index in [9.17, 15) is 8.78 Å². The Morgan fingerprint density at radius 1 is 1.11 bits per heavy atom. The monoisotopic (exact) mass is 267 g/mol. The second-order valence-electron chi connectivity index (χ2n) is 5.58. The first-order valence-corrected chi connectivity index (χ1v) is 7.06. The third kappa shape index (κ3) is 3.06. The van der Waals surface area contributed by atoms with Crippen LogP contribution >= 0.6 is 0 Å². The summed E-state index contributed by atoms with van der Waals surface area (Å²) in [6, 6.07) is 2.37. The Bertz CT molecular complexity index is 454. The van der Waals surface area contributed by atoms with Crippen LogP contribution in [0.2, 0.25) is 0 Å². The molecule has 0 amide bonds. The fraction of sp³-hybridized carbons (Fsp3) is 0.600. The minimum atomic E-state index is -0.561. The number of hydrogen-bond donors (Lipinski definition) is 1. The van der Waals surface area contributed by atoms with Crippen LogP contribution in [0.3, 0.4) is 0 Å². The van der Waals surface area contributed by atoms with Gasteiger partial charge in [0.25, 0.3) is 0 Å². The minimum Gasteiger partial charge on any atom is -0.490 e. The van der Waals surface area contributed by atoms with Crippen molar-refractivity contribution < 1.29 is 13.5 Å². The number of benzene rings is 1. The maximum Gasteiger partial charge on any atom is 0.168 e. The molecule has 4 heteroatoms. The van der Waals surface area contributed by atoms with Gasteiger partial charge in [-0.15, -0.1) is 0 Å². The number of nitrogens with one attached hydrogen (secondary N) is 1. The smallest absolute Gasteiger partial charge is 0.168 e. The zero-order chi connectivity index (χ0) is 13.2. The lowest BCUT2D eigenvalue weighted by molar-refractivity contribution is 0.276. The van der Waals surface area contributed by atoms with Crippen molar-refractivity contribution in [1.82, 2.24) is 5.32 Å². The Kier molecular flexibility index (Phi) is 3.69. The Labute approximate surface area is 112 Å². The van der Waals surface area contributed by atoms with Crippen LogP contribution in [0.15, 0.2) is 12.1 Å². The minimum absolute atomic E-state index is 0.195. The molecule has 1 aromatic rings. The van der Waals surface area contributed by atoms with Crippen molar-refractivity contribution in [2.45, 2.75) is 31.6 Å². The largest absolute Gasteiger partial charge is 0.490 e. The van der Waals surface area contributed by atoms with Gasteiger partial charge in [0.15, 0.2) is 11.6 Å². The van der Waals surface area contributed by atoms with Crippen molar-refractivity contribution in [2.24, 2.45) is 5.92 Å².